The number of aryl methyl sites for hydroxylation is 3. The maximum atomic E-state index is 14.8. The molecule has 0 amide bonds. The molecule has 36 heavy (non-hydrogen) atoms. The zero-order valence-electron chi connectivity index (χ0n) is 20.8. The van der Waals surface area contributed by atoms with Gasteiger partial charge in [0.2, 0.25) is 5.95 Å². The van der Waals surface area contributed by atoms with Crippen molar-refractivity contribution in [1.82, 2.24) is 34.3 Å². The fourth-order valence-electron chi connectivity index (χ4n) is 5.27. The lowest BCUT2D eigenvalue weighted by atomic mass is 10.1. The van der Waals surface area contributed by atoms with Crippen molar-refractivity contribution < 1.29 is 4.39 Å². The Hall–Kier alpha value is -3.43. The summed E-state index contributed by atoms with van der Waals surface area (Å²) in [6, 6.07) is 7.94. The van der Waals surface area contributed by atoms with Crippen molar-refractivity contribution in [3.8, 4) is 11.3 Å². The van der Waals surface area contributed by atoms with Gasteiger partial charge in [-0.15, -0.1) is 0 Å². The van der Waals surface area contributed by atoms with Crippen LogP contribution < -0.4 is 5.32 Å². The van der Waals surface area contributed by atoms with Crippen LogP contribution in [0.25, 0.3) is 22.3 Å². The zero-order valence-corrected chi connectivity index (χ0v) is 20.8. The quantitative estimate of drug-likeness (QED) is 0.439. The molecule has 186 valence electrons. The first-order valence-electron chi connectivity index (χ1n) is 12.8. The predicted octanol–water partition coefficient (Wildman–Crippen LogP) is 4.16. The lowest BCUT2D eigenvalue weighted by Crippen LogP contribution is -2.45. The Morgan fingerprint density at radius 1 is 0.972 bits per heavy atom. The van der Waals surface area contributed by atoms with Gasteiger partial charge in [0.15, 0.2) is 5.82 Å². The molecule has 8 nitrogen and oxygen atoms in total. The third-order valence-electron chi connectivity index (χ3n) is 7.31. The van der Waals surface area contributed by atoms with Gasteiger partial charge in [-0.25, -0.2) is 24.3 Å². The summed E-state index contributed by atoms with van der Waals surface area (Å²) in [6.07, 6.45) is 5.19. The van der Waals surface area contributed by atoms with Crippen LogP contribution in [0, 0.1) is 12.7 Å². The van der Waals surface area contributed by atoms with Gasteiger partial charge in [-0.3, -0.25) is 4.90 Å². The van der Waals surface area contributed by atoms with Crippen molar-refractivity contribution in [1.29, 1.82) is 0 Å². The van der Waals surface area contributed by atoms with Crippen molar-refractivity contribution in [3.63, 3.8) is 0 Å². The number of nitrogens with zero attached hydrogens (tertiary/aromatic N) is 7. The van der Waals surface area contributed by atoms with Crippen molar-refractivity contribution in [2.24, 2.45) is 0 Å². The summed E-state index contributed by atoms with van der Waals surface area (Å²) in [6.45, 7) is 11.6. The van der Waals surface area contributed by atoms with Crippen LogP contribution in [0.15, 0.2) is 36.7 Å². The minimum Gasteiger partial charge on any atom is -0.328 e. The molecular formula is C27H31FN8. The summed E-state index contributed by atoms with van der Waals surface area (Å²) in [5.41, 5.74) is 5.21. The zero-order chi connectivity index (χ0) is 24.6. The molecule has 0 radical (unpaired) electrons. The van der Waals surface area contributed by atoms with E-state index in [4.69, 9.17) is 4.98 Å². The number of halogens is 1. The van der Waals surface area contributed by atoms with E-state index in [9.17, 15) is 4.39 Å². The highest BCUT2D eigenvalue weighted by Gasteiger charge is 2.20. The number of piperazine rings is 1. The van der Waals surface area contributed by atoms with Crippen LogP contribution in [0.3, 0.4) is 0 Å². The second-order valence-electron chi connectivity index (χ2n) is 9.72. The second kappa shape index (κ2) is 9.55. The lowest BCUT2D eigenvalue weighted by molar-refractivity contribution is 0.132. The van der Waals surface area contributed by atoms with E-state index in [2.05, 4.69) is 47.6 Å². The van der Waals surface area contributed by atoms with E-state index >= 15 is 0 Å². The molecule has 1 aromatic carbocycles. The summed E-state index contributed by atoms with van der Waals surface area (Å²) in [7, 11) is 0. The highest BCUT2D eigenvalue weighted by atomic mass is 19.1. The lowest BCUT2D eigenvalue weighted by Gasteiger charge is -2.33. The molecule has 6 rings (SSSR count). The van der Waals surface area contributed by atoms with Crippen molar-refractivity contribution >= 4 is 22.8 Å². The number of benzene rings is 1. The van der Waals surface area contributed by atoms with E-state index in [1.165, 1.54) is 11.8 Å². The predicted molar refractivity (Wildman–Crippen MR) is 139 cm³/mol. The van der Waals surface area contributed by atoms with Gasteiger partial charge in [0.05, 0.1) is 17.2 Å². The van der Waals surface area contributed by atoms with Crippen molar-refractivity contribution in [3.05, 3.63) is 59.4 Å². The van der Waals surface area contributed by atoms with Crippen molar-refractivity contribution in [2.45, 2.75) is 39.8 Å². The Labute approximate surface area is 210 Å². The first kappa shape index (κ1) is 23.0. The molecule has 3 aromatic heterocycles. The summed E-state index contributed by atoms with van der Waals surface area (Å²) < 4.78 is 17.1. The molecule has 1 N–H and O–H groups in total. The van der Waals surface area contributed by atoms with Crippen LogP contribution >= 0.6 is 0 Å². The van der Waals surface area contributed by atoms with Gasteiger partial charge < -0.3 is 14.8 Å². The largest absolute Gasteiger partial charge is 0.328 e. The standard InChI is InChI=1S/C27H31FN8/c1-3-34-9-11-35(12-10-34)17-19-6-7-23(29-15-19)31-27-30-16-21(28)26(33-27)20-13-18(2)25-22(14-20)36-8-4-5-24(36)32-25/h6-7,13-16H,3-5,8-12,17H2,1-2H3,(H,29,30,31,33). The number of aromatic nitrogens is 5. The monoisotopic (exact) mass is 486 g/mol. The fourth-order valence-corrected chi connectivity index (χ4v) is 5.27. The van der Waals surface area contributed by atoms with Gasteiger partial charge in [-0.05, 0) is 49.2 Å². The fraction of sp³-hybridized carbons (Fsp3) is 0.407. The number of anilines is 2. The first-order chi connectivity index (χ1) is 17.6. The van der Waals surface area contributed by atoms with E-state index in [1.54, 1.807) is 0 Å². The molecule has 2 aliphatic rings. The summed E-state index contributed by atoms with van der Waals surface area (Å²) in [5, 5.41) is 3.14. The summed E-state index contributed by atoms with van der Waals surface area (Å²) in [4.78, 5) is 22.9. The number of hydrogen-bond acceptors (Lipinski definition) is 7. The second-order valence-corrected chi connectivity index (χ2v) is 9.72. The van der Waals surface area contributed by atoms with Gasteiger partial charge in [0.1, 0.15) is 17.3 Å². The Kier molecular flexibility index (Phi) is 6.10. The molecule has 1 saturated heterocycles. The molecule has 2 aliphatic heterocycles. The maximum Gasteiger partial charge on any atom is 0.229 e. The third-order valence-corrected chi connectivity index (χ3v) is 7.31. The Bertz CT molecular complexity index is 1390. The van der Waals surface area contributed by atoms with Crippen LogP contribution in [0.2, 0.25) is 0 Å². The Balaban J connectivity index is 1.19. The molecule has 0 saturated carbocycles. The van der Waals surface area contributed by atoms with Gasteiger partial charge in [-0.1, -0.05) is 13.0 Å². The van der Waals surface area contributed by atoms with E-state index in [1.807, 2.05) is 31.3 Å². The molecule has 1 fully saturated rings. The number of rotatable bonds is 6. The number of fused-ring (bicyclic) bond motifs is 3. The van der Waals surface area contributed by atoms with E-state index in [-0.39, 0.29) is 5.69 Å². The number of pyridine rings is 1. The topological polar surface area (TPSA) is 75.0 Å². The number of imidazole rings is 1. The molecule has 9 heteroatoms. The molecule has 0 spiro atoms. The smallest absolute Gasteiger partial charge is 0.229 e. The average molecular weight is 487 g/mol. The molecule has 5 heterocycles. The number of hydrogen-bond donors (Lipinski definition) is 1. The summed E-state index contributed by atoms with van der Waals surface area (Å²) in [5.74, 6) is 1.60. The molecule has 0 aliphatic carbocycles. The Morgan fingerprint density at radius 3 is 2.58 bits per heavy atom. The van der Waals surface area contributed by atoms with E-state index in [0.29, 0.717) is 11.8 Å². The normalized spacial score (nSPS) is 16.5. The summed E-state index contributed by atoms with van der Waals surface area (Å²) >= 11 is 0. The highest BCUT2D eigenvalue weighted by Crippen LogP contribution is 2.31. The highest BCUT2D eigenvalue weighted by molar-refractivity contribution is 5.85. The van der Waals surface area contributed by atoms with Crippen LogP contribution in [0.1, 0.15) is 30.3 Å². The Morgan fingerprint density at radius 2 is 1.81 bits per heavy atom. The van der Waals surface area contributed by atoms with Crippen LogP contribution in [-0.2, 0) is 19.5 Å². The molecule has 0 bridgehead atoms. The van der Waals surface area contributed by atoms with Gasteiger partial charge >= 0.3 is 0 Å². The van der Waals surface area contributed by atoms with E-state index < -0.39 is 5.82 Å². The van der Waals surface area contributed by atoms with Gasteiger partial charge in [0, 0.05) is 57.4 Å². The average Bonchev–Trinajstić information content (AvgIpc) is 3.49. The van der Waals surface area contributed by atoms with E-state index in [0.717, 1.165) is 86.6 Å². The first-order valence-corrected chi connectivity index (χ1v) is 12.8. The van der Waals surface area contributed by atoms with Crippen LogP contribution in [0.4, 0.5) is 16.2 Å². The SMILES string of the molecule is CCN1CCN(Cc2ccc(Nc3ncc(F)c(-c4cc(C)c5nc6n(c5c4)CCC6)n3)nc2)CC1. The minimum atomic E-state index is -0.452. The number of likely N-dealkylation sites (N-methyl/N-ethyl adjacent to an activating group) is 1. The molecular weight excluding hydrogens is 455 g/mol. The number of nitrogens with one attached hydrogen (secondary N) is 1. The minimum absolute atomic E-state index is 0.272. The van der Waals surface area contributed by atoms with Gasteiger partial charge in [-0.2, -0.15) is 0 Å². The molecule has 0 unspecified atom stereocenters. The van der Waals surface area contributed by atoms with Crippen LogP contribution in [0.5, 0.6) is 0 Å². The van der Waals surface area contributed by atoms with Gasteiger partial charge in [0.25, 0.3) is 0 Å². The molecule has 0 atom stereocenters. The van der Waals surface area contributed by atoms with Crippen molar-refractivity contribution in [2.75, 3.05) is 38.0 Å². The van der Waals surface area contributed by atoms with Crippen LogP contribution in [-0.4, -0.2) is 67.0 Å². The molecule has 4 aromatic rings. The third kappa shape index (κ3) is 4.44. The maximum absolute atomic E-state index is 14.8.